The van der Waals surface area contributed by atoms with Gasteiger partial charge < -0.3 is 10.2 Å². The number of halogens is 4. The number of likely N-dealkylation sites (tertiary alicyclic amines) is 1. The lowest BCUT2D eigenvalue weighted by Crippen LogP contribution is -2.51. The fraction of sp³-hybridized carbons (Fsp3) is 0.360. The Morgan fingerprint density at radius 3 is 2.57 bits per heavy atom. The van der Waals surface area contributed by atoms with Gasteiger partial charge in [-0.15, -0.1) is 0 Å². The molecule has 184 valence electrons. The molecule has 2 atom stereocenters. The van der Waals surface area contributed by atoms with E-state index in [9.17, 15) is 18.0 Å². The van der Waals surface area contributed by atoms with Gasteiger partial charge in [-0.05, 0) is 61.6 Å². The second kappa shape index (κ2) is 9.97. The third-order valence-electron chi connectivity index (χ3n) is 6.21. The summed E-state index contributed by atoms with van der Waals surface area (Å²) in [7, 11) is 0. The van der Waals surface area contributed by atoms with Gasteiger partial charge in [0.15, 0.2) is 5.82 Å². The van der Waals surface area contributed by atoms with Crippen LogP contribution in [0.3, 0.4) is 0 Å². The zero-order valence-electron chi connectivity index (χ0n) is 19.3. The van der Waals surface area contributed by atoms with Crippen LogP contribution in [0.4, 0.5) is 23.4 Å². The van der Waals surface area contributed by atoms with Gasteiger partial charge >= 0.3 is 6.18 Å². The van der Waals surface area contributed by atoms with Crippen molar-refractivity contribution < 1.29 is 22.4 Å². The number of carbonyl (C=O) groups excluding carboxylic acids is 1. The highest BCUT2D eigenvalue weighted by atomic mass is 19.4. The second-order valence-electron chi connectivity index (χ2n) is 8.74. The van der Waals surface area contributed by atoms with Gasteiger partial charge in [0.1, 0.15) is 11.6 Å². The van der Waals surface area contributed by atoms with Crippen LogP contribution >= 0.6 is 0 Å². The van der Waals surface area contributed by atoms with Gasteiger partial charge in [-0.25, -0.2) is 19.3 Å². The number of aromatic nitrogens is 3. The smallest absolute Gasteiger partial charge is 0.368 e. The van der Waals surface area contributed by atoms with E-state index in [-0.39, 0.29) is 47.2 Å². The van der Waals surface area contributed by atoms with Gasteiger partial charge in [0.05, 0.1) is 22.7 Å². The zero-order chi connectivity index (χ0) is 25.2. The van der Waals surface area contributed by atoms with Crippen LogP contribution in [0.1, 0.15) is 41.3 Å². The molecule has 1 aliphatic heterocycles. The van der Waals surface area contributed by atoms with Crippen LogP contribution in [0.5, 0.6) is 0 Å². The molecule has 0 radical (unpaired) electrons. The fourth-order valence-electron chi connectivity index (χ4n) is 4.41. The van der Waals surface area contributed by atoms with Crippen molar-refractivity contribution >= 4 is 11.7 Å². The molecule has 3 aromatic rings. The van der Waals surface area contributed by atoms with E-state index in [1.807, 2.05) is 6.92 Å². The lowest BCUT2D eigenvalue weighted by molar-refractivity contribution is -0.137. The maximum absolute atomic E-state index is 15.0. The summed E-state index contributed by atoms with van der Waals surface area (Å²) in [6.45, 7) is 4.49. The highest BCUT2D eigenvalue weighted by Crippen LogP contribution is 2.31. The summed E-state index contributed by atoms with van der Waals surface area (Å²) in [5, 5.41) is 3.06. The molecule has 4 rings (SSSR count). The van der Waals surface area contributed by atoms with E-state index in [1.54, 1.807) is 24.0 Å². The third-order valence-corrected chi connectivity index (χ3v) is 6.21. The minimum absolute atomic E-state index is 0.0514. The maximum Gasteiger partial charge on any atom is 0.417 e. The summed E-state index contributed by atoms with van der Waals surface area (Å²) in [5.74, 6) is -0.395. The summed E-state index contributed by atoms with van der Waals surface area (Å²) in [6, 6.07) is 6.55. The molecule has 6 nitrogen and oxygen atoms in total. The van der Waals surface area contributed by atoms with Crippen LogP contribution in [0, 0.1) is 18.7 Å². The minimum atomic E-state index is -4.46. The molecule has 1 amide bonds. The summed E-state index contributed by atoms with van der Waals surface area (Å²) in [6.07, 6.45) is 0.958. The van der Waals surface area contributed by atoms with Crippen LogP contribution in [-0.4, -0.2) is 44.9 Å². The lowest BCUT2D eigenvalue weighted by atomic mass is 9.89. The Hall–Kier alpha value is -3.56. The van der Waals surface area contributed by atoms with Crippen LogP contribution in [0.15, 0.2) is 48.9 Å². The molecule has 2 aromatic heterocycles. The number of nitrogens with one attached hydrogen (secondary N) is 1. The lowest BCUT2D eigenvalue weighted by Gasteiger charge is -2.40. The molecule has 0 saturated carbocycles. The first-order valence-corrected chi connectivity index (χ1v) is 11.3. The van der Waals surface area contributed by atoms with Gasteiger partial charge in [0.25, 0.3) is 5.91 Å². The average Bonchev–Trinajstić information content (AvgIpc) is 2.82. The second-order valence-corrected chi connectivity index (χ2v) is 8.74. The highest BCUT2D eigenvalue weighted by molar-refractivity contribution is 6.00. The van der Waals surface area contributed by atoms with Gasteiger partial charge in [0, 0.05) is 31.7 Å². The number of anilines is 1. The number of nitrogens with zero attached hydrogens (tertiary/aromatic N) is 4. The van der Waals surface area contributed by atoms with E-state index in [0.717, 1.165) is 25.1 Å². The van der Waals surface area contributed by atoms with Gasteiger partial charge in [-0.3, -0.25) is 4.79 Å². The summed E-state index contributed by atoms with van der Waals surface area (Å²) in [5.41, 5.74) is -0.00163. The maximum atomic E-state index is 15.0. The minimum Gasteiger partial charge on any atom is -0.368 e. The molecule has 1 saturated heterocycles. The molecule has 0 aliphatic carbocycles. The fourth-order valence-corrected chi connectivity index (χ4v) is 4.41. The number of pyridine rings is 1. The number of aryl methyl sites for hydroxylation is 1. The first kappa shape index (κ1) is 24.6. The SMILES string of the molecule is Cc1cc(F)c(-c2ncccn2)c(C(=O)N2CCC[C@@H](C)[C@H]2CNc2ccc(C(F)(F)F)cn2)c1. The number of hydrogen-bond acceptors (Lipinski definition) is 5. The van der Waals surface area contributed by atoms with E-state index >= 15 is 4.39 Å². The largest absolute Gasteiger partial charge is 0.417 e. The van der Waals surface area contributed by atoms with Crippen molar-refractivity contribution in [2.45, 2.75) is 38.9 Å². The van der Waals surface area contributed by atoms with Crippen molar-refractivity contribution in [3.05, 3.63) is 71.4 Å². The number of rotatable bonds is 5. The molecule has 35 heavy (non-hydrogen) atoms. The zero-order valence-corrected chi connectivity index (χ0v) is 19.3. The quantitative estimate of drug-likeness (QED) is 0.491. The monoisotopic (exact) mass is 487 g/mol. The molecule has 3 heterocycles. The molecule has 0 bridgehead atoms. The Bertz CT molecular complexity index is 1180. The predicted octanol–water partition coefficient (Wildman–Crippen LogP) is 5.36. The summed E-state index contributed by atoms with van der Waals surface area (Å²) in [4.78, 5) is 27.6. The van der Waals surface area contributed by atoms with E-state index in [2.05, 4.69) is 20.3 Å². The standard InChI is InChI=1S/C25H25F4N5O/c1-15-11-18(22(19(26)12-15)23-30-8-4-9-31-23)24(35)34-10-3-5-16(2)20(34)14-33-21-7-6-17(13-32-21)25(27,28)29/h4,6-9,11-13,16,20H,3,5,10,14H2,1-2H3,(H,32,33)/t16-,20-/m1/s1. The Kier molecular flexibility index (Phi) is 7.00. The summed E-state index contributed by atoms with van der Waals surface area (Å²) < 4.78 is 53.5. The Morgan fingerprint density at radius 1 is 1.17 bits per heavy atom. The average molecular weight is 488 g/mol. The first-order valence-electron chi connectivity index (χ1n) is 11.3. The van der Waals surface area contributed by atoms with Crippen molar-refractivity contribution in [1.82, 2.24) is 19.9 Å². The van der Waals surface area contributed by atoms with E-state index in [0.29, 0.717) is 12.1 Å². The number of hydrogen-bond donors (Lipinski definition) is 1. The molecule has 10 heteroatoms. The molecule has 0 unspecified atom stereocenters. The number of benzene rings is 1. The summed E-state index contributed by atoms with van der Waals surface area (Å²) >= 11 is 0. The number of piperidine rings is 1. The predicted molar refractivity (Wildman–Crippen MR) is 123 cm³/mol. The van der Waals surface area contributed by atoms with Crippen LogP contribution in [0.25, 0.3) is 11.4 Å². The molecule has 0 spiro atoms. The van der Waals surface area contributed by atoms with Crippen molar-refractivity contribution in [3.63, 3.8) is 0 Å². The Labute approximate surface area is 200 Å². The van der Waals surface area contributed by atoms with Crippen molar-refractivity contribution in [3.8, 4) is 11.4 Å². The van der Waals surface area contributed by atoms with Crippen LogP contribution < -0.4 is 5.32 Å². The molecule has 1 N–H and O–H groups in total. The van der Waals surface area contributed by atoms with Gasteiger partial charge in [-0.1, -0.05) is 6.92 Å². The normalized spacial score (nSPS) is 18.4. The number of alkyl halides is 3. The molecular weight excluding hydrogens is 462 g/mol. The van der Waals surface area contributed by atoms with Crippen LogP contribution in [-0.2, 0) is 6.18 Å². The topological polar surface area (TPSA) is 71.0 Å². The number of amides is 1. The first-order chi connectivity index (χ1) is 16.6. The van der Waals surface area contributed by atoms with Crippen molar-refractivity contribution in [1.29, 1.82) is 0 Å². The van der Waals surface area contributed by atoms with Crippen molar-refractivity contribution in [2.24, 2.45) is 5.92 Å². The molecule has 1 aliphatic rings. The van der Waals surface area contributed by atoms with E-state index in [4.69, 9.17) is 0 Å². The highest BCUT2D eigenvalue weighted by Gasteiger charge is 2.35. The van der Waals surface area contributed by atoms with Crippen LogP contribution in [0.2, 0.25) is 0 Å². The Balaban J connectivity index is 1.60. The van der Waals surface area contributed by atoms with Gasteiger partial charge in [-0.2, -0.15) is 13.2 Å². The molecular formula is C25H25F4N5O. The van der Waals surface area contributed by atoms with E-state index < -0.39 is 17.6 Å². The third kappa shape index (κ3) is 5.41. The molecule has 1 aromatic carbocycles. The van der Waals surface area contributed by atoms with Crippen molar-refractivity contribution in [2.75, 3.05) is 18.4 Å². The van der Waals surface area contributed by atoms with Gasteiger partial charge in [0.2, 0.25) is 0 Å². The van der Waals surface area contributed by atoms with E-state index in [1.165, 1.54) is 24.5 Å². The Morgan fingerprint density at radius 2 is 1.91 bits per heavy atom. The molecule has 1 fully saturated rings. The number of carbonyl (C=O) groups is 1.